The van der Waals surface area contributed by atoms with Gasteiger partial charge in [0.2, 0.25) is 0 Å². The molecule has 2 N–H and O–H groups in total. The molecule has 3 nitrogen and oxygen atoms in total. The van der Waals surface area contributed by atoms with Gasteiger partial charge in [-0.05, 0) is 30.7 Å². The van der Waals surface area contributed by atoms with E-state index in [4.69, 9.17) is 5.73 Å². The number of nitrogen functional groups attached to an aromatic ring is 1. The smallest absolute Gasteiger partial charge is 0.188 e. The number of thioether (sulfide) groups is 1. The van der Waals surface area contributed by atoms with Crippen LogP contribution in [0.3, 0.4) is 0 Å². The van der Waals surface area contributed by atoms with Crippen LogP contribution in [0.4, 0.5) is 10.1 Å². The third-order valence-electron chi connectivity index (χ3n) is 2.21. The summed E-state index contributed by atoms with van der Waals surface area (Å²) in [5, 5.41) is 0.654. The lowest BCUT2D eigenvalue weighted by molar-refractivity contribution is 0.618. The molecule has 0 fully saturated rings. The Bertz CT molecular complexity index is 531. The molecule has 0 radical (unpaired) electrons. The molecule has 2 rings (SSSR count). The summed E-state index contributed by atoms with van der Waals surface area (Å²) in [5.41, 5.74) is 7.43. The SMILES string of the molecule is Cc1ccnc(SCc2ccc(N)cc2F)n1. The van der Waals surface area contributed by atoms with E-state index < -0.39 is 0 Å². The van der Waals surface area contributed by atoms with Crippen molar-refractivity contribution >= 4 is 17.4 Å². The summed E-state index contributed by atoms with van der Waals surface area (Å²) in [7, 11) is 0. The Morgan fingerprint density at radius 1 is 1.35 bits per heavy atom. The van der Waals surface area contributed by atoms with Crippen LogP contribution >= 0.6 is 11.8 Å². The number of anilines is 1. The fraction of sp³-hybridized carbons (Fsp3) is 0.167. The molecule has 0 spiro atoms. The van der Waals surface area contributed by atoms with Crippen molar-refractivity contribution in [1.29, 1.82) is 0 Å². The van der Waals surface area contributed by atoms with Gasteiger partial charge in [0.25, 0.3) is 0 Å². The topological polar surface area (TPSA) is 51.8 Å². The number of nitrogens with two attached hydrogens (primary N) is 1. The number of benzene rings is 1. The van der Waals surface area contributed by atoms with Gasteiger partial charge in [0.15, 0.2) is 5.16 Å². The summed E-state index contributed by atoms with van der Waals surface area (Å²) < 4.78 is 13.5. The highest BCUT2D eigenvalue weighted by atomic mass is 32.2. The van der Waals surface area contributed by atoms with E-state index in [2.05, 4.69) is 9.97 Å². The van der Waals surface area contributed by atoms with Gasteiger partial charge in [-0.15, -0.1) is 0 Å². The van der Waals surface area contributed by atoms with Gasteiger partial charge in [-0.1, -0.05) is 17.8 Å². The summed E-state index contributed by atoms with van der Waals surface area (Å²) in [4.78, 5) is 8.35. The Kier molecular flexibility index (Phi) is 3.58. The molecule has 88 valence electrons. The van der Waals surface area contributed by atoms with Crippen molar-refractivity contribution in [2.75, 3.05) is 5.73 Å². The third kappa shape index (κ3) is 3.17. The highest BCUT2D eigenvalue weighted by molar-refractivity contribution is 7.98. The van der Waals surface area contributed by atoms with Gasteiger partial charge in [-0.3, -0.25) is 0 Å². The number of rotatable bonds is 3. The van der Waals surface area contributed by atoms with E-state index in [0.717, 1.165) is 5.69 Å². The van der Waals surface area contributed by atoms with Crippen molar-refractivity contribution in [3.63, 3.8) is 0 Å². The Hall–Kier alpha value is -1.62. The molecule has 0 saturated heterocycles. The van der Waals surface area contributed by atoms with Crippen molar-refractivity contribution in [1.82, 2.24) is 9.97 Å². The van der Waals surface area contributed by atoms with E-state index in [9.17, 15) is 4.39 Å². The first kappa shape index (κ1) is 11.9. The number of hydrogen-bond acceptors (Lipinski definition) is 4. The minimum Gasteiger partial charge on any atom is -0.399 e. The van der Waals surface area contributed by atoms with Crippen LogP contribution in [-0.2, 0) is 5.75 Å². The average molecular weight is 249 g/mol. The van der Waals surface area contributed by atoms with E-state index in [-0.39, 0.29) is 5.82 Å². The summed E-state index contributed by atoms with van der Waals surface area (Å²) in [6.45, 7) is 1.90. The van der Waals surface area contributed by atoms with Crippen molar-refractivity contribution in [3.05, 3.63) is 47.5 Å². The molecule has 0 aliphatic carbocycles. The minimum atomic E-state index is -0.287. The molecule has 17 heavy (non-hydrogen) atoms. The number of hydrogen-bond donors (Lipinski definition) is 1. The molecule has 1 aromatic heterocycles. The zero-order valence-corrected chi connectivity index (χ0v) is 10.2. The van der Waals surface area contributed by atoms with Crippen molar-refractivity contribution in [2.45, 2.75) is 17.8 Å². The number of halogens is 1. The molecule has 0 aliphatic heterocycles. The zero-order chi connectivity index (χ0) is 12.3. The molecule has 2 aromatic rings. The summed E-state index contributed by atoms with van der Waals surface area (Å²) >= 11 is 1.40. The van der Waals surface area contributed by atoms with Gasteiger partial charge >= 0.3 is 0 Å². The molecule has 1 heterocycles. The minimum absolute atomic E-state index is 0.287. The monoisotopic (exact) mass is 249 g/mol. The number of nitrogens with zero attached hydrogens (tertiary/aromatic N) is 2. The molecular weight excluding hydrogens is 237 g/mol. The summed E-state index contributed by atoms with van der Waals surface area (Å²) in [6.07, 6.45) is 1.70. The van der Waals surface area contributed by atoms with Crippen LogP contribution in [0.15, 0.2) is 35.6 Å². The van der Waals surface area contributed by atoms with E-state index in [0.29, 0.717) is 22.2 Å². The molecule has 1 aromatic carbocycles. The van der Waals surface area contributed by atoms with Gasteiger partial charge in [0.05, 0.1) is 0 Å². The predicted octanol–water partition coefficient (Wildman–Crippen LogP) is 2.80. The molecule has 0 amide bonds. The molecule has 0 atom stereocenters. The van der Waals surface area contributed by atoms with Crippen molar-refractivity contribution < 1.29 is 4.39 Å². The lowest BCUT2D eigenvalue weighted by Gasteiger charge is -2.03. The van der Waals surface area contributed by atoms with E-state index in [1.807, 2.05) is 13.0 Å². The first-order valence-electron chi connectivity index (χ1n) is 5.11. The zero-order valence-electron chi connectivity index (χ0n) is 9.35. The average Bonchev–Trinajstić information content (AvgIpc) is 2.28. The fourth-order valence-electron chi connectivity index (χ4n) is 1.32. The maximum absolute atomic E-state index is 13.5. The van der Waals surface area contributed by atoms with Gasteiger partial charge < -0.3 is 5.73 Å². The van der Waals surface area contributed by atoms with Gasteiger partial charge in [-0.25, -0.2) is 14.4 Å². The second-order valence-corrected chi connectivity index (χ2v) is 4.56. The van der Waals surface area contributed by atoms with Gasteiger partial charge in [-0.2, -0.15) is 0 Å². The molecule has 5 heteroatoms. The Labute approximate surface area is 103 Å². The lowest BCUT2D eigenvalue weighted by atomic mass is 10.2. The second kappa shape index (κ2) is 5.14. The van der Waals surface area contributed by atoms with Crippen molar-refractivity contribution in [2.24, 2.45) is 0 Å². The highest BCUT2D eigenvalue weighted by Crippen LogP contribution is 2.22. The molecular formula is C12H12FN3S. The predicted molar refractivity (Wildman–Crippen MR) is 67.1 cm³/mol. The molecule has 0 bridgehead atoms. The second-order valence-electron chi connectivity index (χ2n) is 3.62. The molecule has 0 saturated carbocycles. The van der Waals surface area contributed by atoms with Crippen LogP contribution in [-0.4, -0.2) is 9.97 Å². The Morgan fingerprint density at radius 2 is 2.18 bits per heavy atom. The van der Waals surface area contributed by atoms with Crippen LogP contribution in [0.5, 0.6) is 0 Å². The Morgan fingerprint density at radius 3 is 2.88 bits per heavy atom. The maximum atomic E-state index is 13.5. The quantitative estimate of drug-likeness (QED) is 0.516. The van der Waals surface area contributed by atoms with Crippen LogP contribution in [0.25, 0.3) is 0 Å². The van der Waals surface area contributed by atoms with Gasteiger partial charge in [0.1, 0.15) is 5.82 Å². The maximum Gasteiger partial charge on any atom is 0.188 e. The number of aromatic nitrogens is 2. The fourth-order valence-corrected chi connectivity index (χ4v) is 2.18. The van der Waals surface area contributed by atoms with E-state index in [1.54, 1.807) is 18.3 Å². The molecule has 0 unspecified atom stereocenters. The standard InChI is InChI=1S/C12H12FN3S/c1-8-4-5-15-12(16-8)17-7-9-2-3-10(14)6-11(9)13/h2-6H,7,14H2,1H3. The number of aryl methyl sites for hydroxylation is 1. The van der Waals surface area contributed by atoms with Crippen molar-refractivity contribution in [3.8, 4) is 0 Å². The summed E-state index contributed by atoms with van der Waals surface area (Å²) in [6, 6.07) is 6.53. The van der Waals surface area contributed by atoms with Crippen LogP contribution < -0.4 is 5.73 Å². The summed E-state index contributed by atoms with van der Waals surface area (Å²) in [5.74, 6) is 0.209. The largest absolute Gasteiger partial charge is 0.399 e. The van der Waals surface area contributed by atoms with Crippen LogP contribution in [0, 0.1) is 12.7 Å². The van der Waals surface area contributed by atoms with Crippen LogP contribution in [0.2, 0.25) is 0 Å². The third-order valence-corrected chi connectivity index (χ3v) is 3.12. The molecule has 0 aliphatic rings. The first-order chi connectivity index (χ1) is 8.15. The first-order valence-corrected chi connectivity index (χ1v) is 6.10. The highest BCUT2D eigenvalue weighted by Gasteiger charge is 2.04. The van der Waals surface area contributed by atoms with E-state index in [1.165, 1.54) is 17.8 Å². The van der Waals surface area contributed by atoms with E-state index >= 15 is 0 Å². The lowest BCUT2D eigenvalue weighted by Crippen LogP contribution is -1.93. The normalized spacial score (nSPS) is 10.5. The van der Waals surface area contributed by atoms with Crippen LogP contribution in [0.1, 0.15) is 11.3 Å². The Balaban J connectivity index is 2.07. The van der Waals surface area contributed by atoms with Gasteiger partial charge in [0, 0.05) is 23.3 Å².